The average molecular weight is 586 g/mol. The van der Waals surface area contributed by atoms with Gasteiger partial charge in [-0.1, -0.05) is 23.7 Å². The summed E-state index contributed by atoms with van der Waals surface area (Å²) in [6.45, 7) is 2.79. The number of nitrogens with zero attached hydrogens (tertiary/aromatic N) is 3. The lowest BCUT2D eigenvalue weighted by Crippen LogP contribution is -2.41. The first-order chi connectivity index (χ1) is 18.4. The number of esters is 1. The summed E-state index contributed by atoms with van der Waals surface area (Å²) in [5.41, 5.74) is -0.377. The number of carbonyl (C=O) groups is 2. The van der Waals surface area contributed by atoms with Gasteiger partial charge in [0.15, 0.2) is 0 Å². The Morgan fingerprint density at radius 2 is 1.72 bits per heavy atom. The number of fused-ring (bicyclic) bond motifs is 1. The highest BCUT2D eigenvalue weighted by Crippen LogP contribution is 2.31. The third-order valence-electron chi connectivity index (χ3n) is 6.71. The minimum Gasteiger partial charge on any atom is -0.462 e. The van der Waals surface area contributed by atoms with E-state index in [0.717, 1.165) is 26.0 Å². The van der Waals surface area contributed by atoms with E-state index >= 15 is 0 Å². The van der Waals surface area contributed by atoms with Gasteiger partial charge in [-0.25, -0.2) is 4.79 Å². The van der Waals surface area contributed by atoms with Crippen molar-refractivity contribution < 1.29 is 27.5 Å². The molecule has 1 aliphatic rings. The Labute approximate surface area is 230 Å². The lowest BCUT2D eigenvalue weighted by atomic mass is 10.1. The normalized spacial score (nSPS) is 14.7. The van der Waals surface area contributed by atoms with Gasteiger partial charge in [0.05, 0.1) is 16.7 Å². The quantitative estimate of drug-likeness (QED) is 0.380. The number of benzene rings is 1. The Morgan fingerprint density at radius 3 is 2.31 bits per heavy atom. The molecule has 1 fully saturated rings. The fourth-order valence-corrected chi connectivity index (χ4v) is 6.09. The van der Waals surface area contributed by atoms with E-state index in [-0.39, 0.29) is 40.1 Å². The van der Waals surface area contributed by atoms with Gasteiger partial charge >= 0.3 is 17.8 Å². The summed E-state index contributed by atoms with van der Waals surface area (Å²) in [5.74, 6) is -0.777. The number of likely N-dealkylation sites (tertiary alicyclic amines) is 1. The van der Waals surface area contributed by atoms with Crippen LogP contribution in [0, 0.1) is 6.92 Å². The third kappa shape index (κ3) is 6.55. The summed E-state index contributed by atoms with van der Waals surface area (Å²) in [6.07, 6.45) is -4.90. The fourth-order valence-electron chi connectivity index (χ4n) is 4.68. The van der Waals surface area contributed by atoms with E-state index in [9.17, 15) is 32.3 Å². The molecule has 0 atom stereocenters. The molecule has 210 valence electrons. The highest BCUT2D eigenvalue weighted by Gasteiger charge is 2.31. The molecule has 0 N–H and O–H groups in total. The second-order valence-corrected chi connectivity index (χ2v) is 10.9. The Morgan fingerprint density at radius 1 is 1.08 bits per heavy atom. The number of piperidine rings is 1. The Kier molecular flexibility index (Phi) is 8.55. The molecule has 3 aromatic rings. The second-order valence-electron chi connectivity index (χ2n) is 9.47. The molecule has 1 saturated heterocycles. The van der Waals surface area contributed by atoms with Gasteiger partial charge < -0.3 is 9.64 Å². The lowest BCUT2D eigenvalue weighted by molar-refractivity contribution is -0.148. The number of rotatable bonds is 7. The number of aryl methyl sites for hydroxylation is 3. The van der Waals surface area contributed by atoms with E-state index in [1.165, 1.54) is 6.92 Å². The molecule has 8 nitrogen and oxygen atoms in total. The Hall–Kier alpha value is -3.12. The minimum atomic E-state index is -4.52. The van der Waals surface area contributed by atoms with Crippen molar-refractivity contribution >= 4 is 45.0 Å². The first-order valence-electron chi connectivity index (χ1n) is 12.4. The van der Waals surface area contributed by atoms with Crippen molar-refractivity contribution in [2.24, 2.45) is 0 Å². The number of alkyl halides is 3. The van der Waals surface area contributed by atoms with Crippen molar-refractivity contribution in [1.29, 1.82) is 0 Å². The average Bonchev–Trinajstić information content (AvgIpc) is 3.21. The van der Waals surface area contributed by atoms with E-state index < -0.39 is 36.4 Å². The van der Waals surface area contributed by atoms with Gasteiger partial charge in [-0.3, -0.25) is 23.5 Å². The van der Waals surface area contributed by atoms with Gasteiger partial charge in [-0.15, -0.1) is 11.3 Å². The molecule has 0 aliphatic carbocycles. The van der Waals surface area contributed by atoms with Gasteiger partial charge in [-0.05, 0) is 36.6 Å². The number of amides is 1. The van der Waals surface area contributed by atoms with Crippen LogP contribution < -0.4 is 11.2 Å². The fraction of sp³-hybridized carbons (Fsp3) is 0.462. The summed E-state index contributed by atoms with van der Waals surface area (Å²) in [6, 6.07) is 6.82. The van der Waals surface area contributed by atoms with Gasteiger partial charge in [0, 0.05) is 51.0 Å². The van der Waals surface area contributed by atoms with Crippen LogP contribution >= 0.6 is 22.9 Å². The summed E-state index contributed by atoms with van der Waals surface area (Å²) < 4.78 is 46.5. The number of hydrogen-bond acceptors (Lipinski definition) is 6. The monoisotopic (exact) mass is 585 g/mol. The molecular weight excluding hydrogens is 559 g/mol. The Balaban J connectivity index is 1.72. The van der Waals surface area contributed by atoms with Crippen LogP contribution in [0.1, 0.15) is 47.0 Å². The van der Waals surface area contributed by atoms with Crippen molar-refractivity contribution in [3.63, 3.8) is 0 Å². The predicted octanol–water partition coefficient (Wildman–Crippen LogP) is 4.55. The summed E-state index contributed by atoms with van der Waals surface area (Å²) in [7, 11) is 0. The number of hydrogen-bond donors (Lipinski definition) is 0. The van der Waals surface area contributed by atoms with Crippen LogP contribution in [0.2, 0.25) is 5.02 Å². The number of carbonyl (C=O) groups excluding carboxylic acids is 2. The maximum absolute atomic E-state index is 13.5. The summed E-state index contributed by atoms with van der Waals surface area (Å²) in [5, 5.41) is 0.588. The van der Waals surface area contributed by atoms with Crippen LogP contribution in [0.5, 0.6) is 0 Å². The van der Waals surface area contributed by atoms with Crippen LogP contribution in [0.4, 0.5) is 13.2 Å². The third-order valence-corrected chi connectivity index (χ3v) is 8.26. The molecule has 13 heteroatoms. The van der Waals surface area contributed by atoms with Gasteiger partial charge in [0.1, 0.15) is 10.9 Å². The van der Waals surface area contributed by atoms with Crippen molar-refractivity contribution in [2.45, 2.75) is 64.9 Å². The highest BCUT2D eigenvalue weighted by atomic mass is 35.5. The molecule has 2 aromatic heterocycles. The molecule has 0 radical (unpaired) electrons. The minimum absolute atomic E-state index is 0.0487. The van der Waals surface area contributed by atoms with Crippen LogP contribution in [-0.4, -0.2) is 51.3 Å². The summed E-state index contributed by atoms with van der Waals surface area (Å²) in [4.78, 5) is 53.3. The predicted molar refractivity (Wildman–Crippen MR) is 142 cm³/mol. The summed E-state index contributed by atoms with van der Waals surface area (Å²) >= 11 is 6.77. The largest absolute Gasteiger partial charge is 0.462 e. The Bertz CT molecular complexity index is 1500. The van der Waals surface area contributed by atoms with Crippen LogP contribution in [-0.2, 0) is 29.0 Å². The molecule has 0 spiro atoms. The van der Waals surface area contributed by atoms with E-state index in [4.69, 9.17) is 16.3 Å². The van der Waals surface area contributed by atoms with Gasteiger partial charge in [0.25, 0.3) is 11.5 Å². The number of ether oxygens (including phenoxy) is 1. The van der Waals surface area contributed by atoms with Gasteiger partial charge in [-0.2, -0.15) is 13.2 Å². The highest BCUT2D eigenvalue weighted by molar-refractivity contribution is 7.20. The molecule has 4 rings (SSSR count). The topological polar surface area (TPSA) is 90.6 Å². The standard InChI is InChI=1S/C26H27ClF3N3O5S/c1-15-20-22(35)32(13-7-17-3-5-18(27)6-4-17)25(37)33(14-10-26(28,29)30)24(20)39-21(15)23(36)31-11-8-19(9-12-31)38-16(2)34/h3-6,19H,7-14H2,1-2H3. The van der Waals surface area contributed by atoms with Crippen LogP contribution in [0.15, 0.2) is 33.9 Å². The van der Waals surface area contributed by atoms with Crippen LogP contribution in [0.25, 0.3) is 10.2 Å². The van der Waals surface area contributed by atoms with E-state index in [1.807, 2.05) is 0 Å². The van der Waals surface area contributed by atoms with Crippen LogP contribution in [0.3, 0.4) is 0 Å². The van der Waals surface area contributed by atoms with E-state index in [0.29, 0.717) is 36.5 Å². The lowest BCUT2D eigenvalue weighted by Gasteiger charge is -2.31. The smallest absolute Gasteiger partial charge is 0.390 e. The number of thiophene rings is 1. The first kappa shape index (κ1) is 28.9. The first-order valence-corrected chi connectivity index (χ1v) is 13.6. The molecule has 1 aliphatic heterocycles. The van der Waals surface area contributed by atoms with Crippen molar-refractivity contribution in [3.05, 3.63) is 66.1 Å². The SMILES string of the molecule is CC(=O)OC1CCN(C(=O)c2sc3c(c2C)c(=O)n(CCc2ccc(Cl)cc2)c(=O)n3CCC(F)(F)F)CC1. The zero-order valence-corrected chi connectivity index (χ0v) is 22.9. The molecule has 3 heterocycles. The molecular formula is C26H27ClF3N3O5S. The number of aromatic nitrogens is 2. The van der Waals surface area contributed by atoms with Crippen molar-refractivity contribution in [2.75, 3.05) is 13.1 Å². The molecule has 39 heavy (non-hydrogen) atoms. The zero-order valence-electron chi connectivity index (χ0n) is 21.3. The molecule has 1 amide bonds. The maximum Gasteiger partial charge on any atom is 0.390 e. The van der Waals surface area contributed by atoms with E-state index in [1.54, 1.807) is 36.1 Å². The van der Waals surface area contributed by atoms with Gasteiger partial charge in [0.2, 0.25) is 0 Å². The number of halogens is 4. The molecule has 0 unspecified atom stereocenters. The van der Waals surface area contributed by atoms with Crippen molar-refractivity contribution in [1.82, 2.24) is 14.0 Å². The molecule has 0 saturated carbocycles. The second kappa shape index (κ2) is 11.5. The molecule has 1 aromatic carbocycles. The van der Waals surface area contributed by atoms with Crippen molar-refractivity contribution in [3.8, 4) is 0 Å². The zero-order chi connectivity index (χ0) is 28.5. The van der Waals surface area contributed by atoms with E-state index in [2.05, 4.69) is 0 Å². The maximum atomic E-state index is 13.5. The molecule has 0 bridgehead atoms.